The average Bonchev–Trinajstić information content (AvgIpc) is 3.05. The summed E-state index contributed by atoms with van der Waals surface area (Å²) in [4.78, 5) is 25.8. The quantitative estimate of drug-likeness (QED) is 0.273. The Labute approximate surface area is 255 Å². The van der Waals surface area contributed by atoms with Gasteiger partial charge in [0.25, 0.3) is 0 Å². The zero-order valence-electron chi connectivity index (χ0n) is 25.5. The van der Waals surface area contributed by atoms with Crippen LogP contribution in [0.15, 0.2) is 12.1 Å². The molecule has 1 saturated heterocycles. The molecule has 0 radical (unpaired) electrons. The zero-order chi connectivity index (χ0) is 30.6. The van der Waals surface area contributed by atoms with E-state index in [1.165, 1.54) is 7.11 Å². The molecule has 3 fully saturated rings. The molecule has 1 heterocycles. The first-order chi connectivity index (χ1) is 20.8. The van der Waals surface area contributed by atoms with Crippen molar-refractivity contribution in [2.24, 2.45) is 29.1 Å². The highest BCUT2D eigenvalue weighted by Crippen LogP contribution is 2.46. The number of aliphatic hydroxyl groups excluding tert-OH is 3. The van der Waals surface area contributed by atoms with Crippen LogP contribution in [0.1, 0.15) is 94.1 Å². The number of ketones is 2. The number of benzene rings is 1. The third-order valence-corrected chi connectivity index (χ3v) is 11.0. The molecule has 0 amide bonds. The Balaban J connectivity index is 1.31. The fraction of sp³-hybridized carbons (Fsp3) is 0.714. The smallest absolute Gasteiger partial charge is 0.160 e. The first-order valence-corrected chi connectivity index (χ1v) is 16.4. The van der Waals surface area contributed by atoms with Gasteiger partial charge in [0, 0.05) is 44.4 Å². The standard InChI is InChI=1S/C35H49NO7/c1-43-32-18-25-5-7-33(41)35(12-9-23(3-2-13-37)29(25)20-31(32)40)11-8-22(16-34(35)42)15-24(10-14-38)27-17-26-4-6-28(39)19-30(26)36-21-27/h18,20,22-24,26-27,30,34,36-38,40,42H,2-8,10-11,13-17,19,21H2,1H3/t22-,23+,24+,26-,27+,30-,34-,35+/m1/s1. The third kappa shape index (κ3) is 6.96. The molecular weight excluding hydrogens is 546 g/mol. The topological polar surface area (TPSA) is 136 Å². The molecule has 43 heavy (non-hydrogen) atoms. The molecule has 5 N–H and O–H groups in total. The van der Waals surface area contributed by atoms with Crippen LogP contribution in [0, 0.1) is 40.9 Å². The van der Waals surface area contributed by atoms with Crippen LogP contribution < -0.4 is 10.1 Å². The van der Waals surface area contributed by atoms with Gasteiger partial charge in [-0.1, -0.05) is 11.8 Å². The first kappa shape index (κ1) is 32.0. The maximum atomic E-state index is 13.8. The van der Waals surface area contributed by atoms with Crippen molar-refractivity contribution in [2.75, 3.05) is 26.9 Å². The monoisotopic (exact) mass is 595 g/mol. The van der Waals surface area contributed by atoms with E-state index in [4.69, 9.17) is 4.74 Å². The Hall–Kier alpha value is -2.44. The van der Waals surface area contributed by atoms with Gasteiger partial charge in [-0.2, -0.15) is 0 Å². The van der Waals surface area contributed by atoms with Gasteiger partial charge in [-0.3, -0.25) is 9.59 Å². The molecule has 1 aromatic carbocycles. The van der Waals surface area contributed by atoms with Gasteiger partial charge in [0.05, 0.1) is 13.2 Å². The minimum Gasteiger partial charge on any atom is -0.504 e. The number of aryl methyl sites for hydroxylation is 1. The molecule has 1 spiro atoms. The molecule has 1 aliphatic heterocycles. The lowest BCUT2D eigenvalue weighted by atomic mass is 9.63. The number of carbonyl (C=O) groups is 2. The number of nitrogens with one attached hydrogen (secondary N) is 1. The molecular formula is C35H49NO7. The number of hydrogen-bond acceptors (Lipinski definition) is 8. The summed E-state index contributed by atoms with van der Waals surface area (Å²) in [7, 11) is 1.50. The predicted molar refractivity (Wildman–Crippen MR) is 163 cm³/mol. The minimum atomic E-state index is -1.12. The van der Waals surface area contributed by atoms with Gasteiger partial charge in [-0.05, 0) is 118 Å². The van der Waals surface area contributed by atoms with Crippen molar-refractivity contribution in [1.29, 1.82) is 0 Å². The number of hydrogen-bond donors (Lipinski definition) is 5. The highest BCUT2D eigenvalue weighted by atomic mass is 16.5. The molecule has 1 aromatic rings. The number of Topliss-reactive ketones (excluding diaryl/α,β-unsaturated/α-hetero) is 2. The second-order valence-corrected chi connectivity index (χ2v) is 13.5. The van der Waals surface area contributed by atoms with Crippen molar-refractivity contribution < 1.29 is 34.8 Å². The fourth-order valence-electron chi connectivity index (χ4n) is 8.46. The predicted octanol–water partition coefficient (Wildman–Crippen LogP) is 3.66. The number of phenols is 1. The number of rotatable bonds is 9. The van der Waals surface area contributed by atoms with Crippen molar-refractivity contribution in [1.82, 2.24) is 5.32 Å². The van der Waals surface area contributed by atoms with Crippen LogP contribution in [0.5, 0.6) is 11.5 Å². The number of piperidine rings is 1. The maximum absolute atomic E-state index is 13.8. The van der Waals surface area contributed by atoms with E-state index in [2.05, 4.69) is 17.2 Å². The summed E-state index contributed by atoms with van der Waals surface area (Å²) in [5.41, 5.74) is 0.630. The second-order valence-electron chi connectivity index (χ2n) is 13.5. The van der Waals surface area contributed by atoms with Crippen LogP contribution in [0.4, 0.5) is 0 Å². The molecule has 0 unspecified atom stereocenters. The van der Waals surface area contributed by atoms with Gasteiger partial charge in [-0.25, -0.2) is 0 Å². The van der Waals surface area contributed by atoms with Crippen molar-refractivity contribution >= 4 is 11.6 Å². The van der Waals surface area contributed by atoms with E-state index < -0.39 is 11.5 Å². The lowest BCUT2D eigenvalue weighted by Crippen LogP contribution is -2.50. The summed E-state index contributed by atoms with van der Waals surface area (Å²) in [6.07, 6.45) is 7.72. The Morgan fingerprint density at radius 2 is 1.95 bits per heavy atom. The van der Waals surface area contributed by atoms with Crippen LogP contribution >= 0.6 is 0 Å². The van der Waals surface area contributed by atoms with E-state index in [9.17, 15) is 30.0 Å². The lowest BCUT2D eigenvalue weighted by molar-refractivity contribution is -0.134. The van der Waals surface area contributed by atoms with E-state index in [0.29, 0.717) is 74.2 Å². The normalized spacial score (nSPS) is 33.3. The van der Waals surface area contributed by atoms with E-state index >= 15 is 0 Å². The first-order valence-electron chi connectivity index (χ1n) is 16.4. The summed E-state index contributed by atoms with van der Waals surface area (Å²) >= 11 is 0. The molecule has 4 aliphatic rings. The molecule has 2 saturated carbocycles. The average molecular weight is 596 g/mol. The number of fused-ring (bicyclic) bond motifs is 2. The zero-order valence-corrected chi connectivity index (χ0v) is 25.5. The van der Waals surface area contributed by atoms with Gasteiger partial charge in [0.1, 0.15) is 11.2 Å². The Kier molecular flexibility index (Phi) is 10.5. The molecule has 8 heteroatoms. The number of ether oxygens (including phenoxy) is 1. The van der Waals surface area contributed by atoms with Gasteiger partial charge in [-0.15, -0.1) is 0 Å². The fourth-order valence-corrected chi connectivity index (χ4v) is 8.46. The van der Waals surface area contributed by atoms with Crippen LogP contribution in [-0.2, 0) is 16.0 Å². The van der Waals surface area contributed by atoms with Gasteiger partial charge >= 0.3 is 0 Å². The SMILES string of the molecule is COc1cc2c(cc1O)[C@@H](CCCO)C#C[C@@]1(CC[C@H](C[C@H](CCO)[C@@H]3CN[C@@H]4CC(=O)CC[C@@H]4C3)C[C@H]1O)C(=O)CC2. The number of methoxy groups -OCH3 is 1. The summed E-state index contributed by atoms with van der Waals surface area (Å²) < 4.78 is 5.34. The van der Waals surface area contributed by atoms with Crippen LogP contribution in [0.25, 0.3) is 0 Å². The number of aromatic hydroxyl groups is 1. The maximum Gasteiger partial charge on any atom is 0.160 e. The number of phenolic OH excluding ortho intramolecular Hbond substituents is 1. The van der Waals surface area contributed by atoms with Gasteiger partial charge in [0.15, 0.2) is 17.3 Å². The van der Waals surface area contributed by atoms with E-state index in [0.717, 1.165) is 49.8 Å². The van der Waals surface area contributed by atoms with Gasteiger partial charge < -0.3 is 30.5 Å². The minimum absolute atomic E-state index is 0.0229. The summed E-state index contributed by atoms with van der Waals surface area (Å²) in [6, 6.07) is 3.75. The Morgan fingerprint density at radius 1 is 1.12 bits per heavy atom. The van der Waals surface area contributed by atoms with Gasteiger partial charge in [0.2, 0.25) is 0 Å². The van der Waals surface area contributed by atoms with Crippen LogP contribution in [0.3, 0.4) is 0 Å². The molecule has 8 nitrogen and oxygen atoms in total. The van der Waals surface area contributed by atoms with Crippen molar-refractivity contribution in [3.63, 3.8) is 0 Å². The highest BCUT2D eigenvalue weighted by molar-refractivity contribution is 5.89. The van der Waals surface area contributed by atoms with E-state index in [-0.39, 0.29) is 49.0 Å². The summed E-state index contributed by atoms with van der Waals surface area (Å²) in [5, 5.41) is 45.3. The van der Waals surface area contributed by atoms with Crippen molar-refractivity contribution in [3.05, 3.63) is 23.3 Å². The highest BCUT2D eigenvalue weighted by Gasteiger charge is 2.48. The molecule has 8 atom stereocenters. The lowest BCUT2D eigenvalue weighted by Gasteiger charge is -2.44. The largest absolute Gasteiger partial charge is 0.504 e. The molecule has 236 valence electrons. The summed E-state index contributed by atoms with van der Waals surface area (Å²) in [5.74, 6) is 8.56. The van der Waals surface area contributed by atoms with E-state index in [1.54, 1.807) is 12.1 Å². The molecule has 3 aliphatic carbocycles. The second kappa shape index (κ2) is 14.1. The third-order valence-electron chi connectivity index (χ3n) is 11.0. The van der Waals surface area contributed by atoms with Crippen molar-refractivity contribution in [2.45, 2.75) is 102 Å². The van der Waals surface area contributed by atoms with Crippen LogP contribution in [-0.4, -0.2) is 71.0 Å². The number of aliphatic hydroxyl groups is 3. The molecule has 0 bridgehead atoms. The number of carbonyl (C=O) groups excluding carboxylic acids is 2. The van der Waals surface area contributed by atoms with E-state index in [1.807, 2.05) is 0 Å². The van der Waals surface area contributed by atoms with Crippen LogP contribution in [0.2, 0.25) is 0 Å². The Bertz CT molecular complexity index is 1220. The summed E-state index contributed by atoms with van der Waals surface area (Å²) in [6.45, 7) is 1.01. The van der Waals surface area contributed by atoms with Crippen molar-refractivity contribution in [3.8, 4) is 23.3 Å². The molecule has 5 rings (SSSR count). The Morgan fingerprint density at radius 3 is 2.70 bits per heavy atom. The molecule has 0 aromatic heterocycles.